The highest BCUT2D eigenvalue weighted by molar-refractivity contribution is 5.94. The molecule has 0 aromatic rings. The standard InChI is InChI=1S/C10H15NO2/c1-6-5-9(10(12)13-4)8(3)11-7(6)2/h6H,5H2,1-4H3. The summed E-state index contributed by atoms with van der Waals surface area (Å²) in [5.74, 6) is 0.0957. The molecule has 1 heterocycles. The monoisotopic (exact) mass is 181 g/mol. The molecule has 1 atom stereocenters. The van der Waals surface area contributed by atoms with Gasteiger partial charge in [0.25, 0.3) is 0 Å². The van der Waals surface area contributed by atoms with Crippen molar-refractivity contribution < 1.29 is 9.53 Å². The molecule has 3 nitrogen and oxygen atoms in total. The Bertz CT molecular complexity index is 289. The summed E-state index contributed by atoms with van der Waals surface area (Å²) in [5, 5.41) is 0. The molecule has 1 aliphatic rings. The second-order valence-electron chi connectivity index (χ2n) is 3.41. The third-order valence-corrected chi connectivity index (χ3v) is 2.44. The lowest BCUT2D eigenvalue weighted by Crippen LogP contribution is -2.18. The van der Waals surface area contributed by atoms with Crippen molar-refractivity contribution in [2.24, 2.45) is 10.9 Å². The van der Waals surface area contributed by atoms with Gasteiger partial charge in [0.15, 0.2) is 0 Å². The topological polar surface area (TPSA) is 38.7 Å². The maximum atomic E-state index is 11.3. The number of rotatable bonds is 1. The van der Waals surface area contributed by atoms with Gasteiger partial charge in [-0.3, -0.25) is 4.99 Å². The lowest BCUT2D eigenvalue weighted by atomic mass is 9.93. The number of allylic oxidation sites excluding steroid dienone is 1. The van der Waals surface area contributed by atoms with Gasteiger partial charge in [0, 0.05) is 11.4 Å². The maximum absolute atomic E-state index is 11.3. The number of ether oxygens (including phenoxy) is 1. The Morgan fingerprint density at radius 1 is 1.54 bits per heavy atom. The summed E-state index contributed by atoms with van der Waals surface area (Å²) in [4.78, 5) is 15.6. The van der Waals surface area contributed by atoms with Crippen LogP contribution in [-0.4, -0.2) is 18.8 Å². The van der Waals surface area contributed by atoms with E-state index in [2.05, 4.69) is 16.7 Å². The highest BCUT2D eigenvalue weighted by atomic mass is 16.5. The van der Waals surface area contributed by atoms with E-state index in [1.165, 1.54) is 7.11 Å². The van der Waals surface area contributed by atoms with Gasteiger partial charge in [-0.25, -0.2) is 4.79 Å². The first-order valence-corrected chi connectivity index (χ1v) is 4.39. The zero-order valence-electron chi connectivity index (χ0n) is 8.55. The van der Waals surface area contributed by atoms with Crippen molar-refractivity contribution in [1.29, 1.82) is 0 Å². The van der Waals surface area contributed by atoms with E-state index in [-0.39, 0.29) is 5.97 Å². The molecule has 0 saturated carbocycles. The van der Waals surface area contributed by atoms with Crippen molar-refractivity contribution in [2.75, 3.05) is 7.11 Å². The van der Waals surface area contributed by atoms with Crippen LogP contribution in [0, 0.1) is 5.92 Å². The number of hydrogen-bond acceptors (Lipinski definition) is 3. The molecule has 0 amide bonds. The van der Waals surface area contributed by atoms with E-state index in [0.717, 1.165) is 17.8 Å². The summed E-state index contributed by atoms with van der Waals surface area (Å²) < 4.78 is 4.68. The minimum atomic E-state index is -0.249. The van der Waals surface area contributed by atoms with Gasteiger partial charge in [-0.05, 0) is 26.2 Å². The Kier molecular flexibility index (Phi) is 2.86. The smallest absolute Gasteiger partial charge is 0.335 e. The van der Waals surface area contributed by atoms with Gasteiger partial charge in [-0.15, -0.1) is 0 Å². The van der Waals surface area contributed by atoms with E-state index in [4.69, 9.17) is 0 Å². The first-order chi connectivity index (χ1) is 6.06. The van der Waals surface area contributed by atoms with Gasteiger partial charge in [0.2, 0.25) is 0 Å². The summed E-state index contributed by atoms with van der Waals surface area (Å²) in [6.45, 7) is 5.90. The van der Waals surface area contributed by atoms with Crippen LogP contribution in [0.2, 0.25) is 0 Å². The largest absolute Gasteiger partial charge is 0.466 e. The van der Waals surface area contributed by atoms with Crippen LogP contribution < -0.4 is 0 Å². The Labute approximate surface area is 78.5 Å². The first-order valence-electron chi connectivity index (χ1n) is 4.39. The predicted octanol–water partition coefficient (Wildman–Crippen LogP) is 1.93. The number of hydrogen-bond donors (Lipinski definition) is 0. The predicted molar refractivity (Wildman–Crippen MR) is 51.6 cm³/mol. The lowest BCUT2D eigenvalue weighted by molar-refractivity contribution is -0.136. The highest BCUT2D eigenvalue weighted by Crippen LogP contribution is 2.24. The fourth-order valence-electron chi connectivity index (χ4n) is 1.40. The molecule has 0 saturated heterocycles. The number of esters is 1. The Balaban J connectivity index is 2.97. The quantitative estimate of drug-likeness (QED) is 0.580. The molecule has 0 spiro atoms. The highest BCUT2D eigenvalue weighted by Gasteiger charge is 2.22. The number of aliphatic imine (C=N–C) groups is 1. The SMILES string of the molecule is COC(=O)C1=C(C)N=C(C)C(C)C1. The van der Waals surface area contributed by atoms with Crippen molar-refractivity contribution in [3.05, 3.63) is 11.3 Å². The fraction of sp³-hybridized carbons (Fsp3) is 0.600. The zero-order valence-corrected chi connectivity index (χ0v) is 8.55. The van der Waals surface area contributed by atoms with Crippen LogP contribution in [0.3, 0.4) is 0 Å². The van der Waals surface area contributed by atoms with Crippen LogP contribution in [0.1, 0.15) is 27.2 Å². The van der Waals surface area contributed by atoms with Crippen molar-refractivity contribution in [2.45, 2.75) is 27.2 Å². The van der Waals surface area contributed by atoms with Gasteiger partial charge in [0.1, 0.15) is 0 Å². The Morgan fingerprint density at radius 3 is 2.69 bits per heavy atom. The molecule has 13 heavy (non-hydrogen) atoms. The number of methoxy groups -OCH3 is 1. The second-order valence-corrected chi connectivity index (χ2v) is 3.41. The van der Waals surface area contributed by atoms with Crippen molar-refractivity contribution in [3.63, 3.8) is 0 Å². The van der Waals surface area contributed by atoms with Crippen molar-refractivity contribution in [3.8, 4) is 0 Å². The molecule has 1 rings (SSSR count). The van der Waals surface area contributed by atoms with Gasteiger partial charge < -0.3 is 4.74 Å². The van der Waals surface area contributed by atoms with Crippen LogP contribution in [0.25, 0.3) is 0 Å². The van der Waals surface area contributed by atoms with Crippen LogP contribution >= 0.6 is 0 Å². The van der Waals surface area contributed by atoms with Crippen LogP contribution in [0.5, 0.6) is 0 Å². The fourth-order valence-corrected chi connectivity index (χ4v) is 1.40. The Hall–Kier alpha value is -1.12. The van der Waals surface area contributed by atoms with E-state index < -0.39 is 0 Å². The molecular formula is C10H15NO2. The lowest BCUT2D eigenvalue weighted by Gasteiger charge is -2.19. The van der Waals surface area contributed by atoms with E-state index in [1.54, 1.807) is 0 Å². The Morgan fingerprint density at radius 2 is 2.15 bits per heavy atom. The van der Waals surface area contributed by atoms with E-state index in [9.17, 15) is 4.79 Å². The molecule has 0 bridgehead atoms. The molecule has 72 valence electrons. The van der Waals surface area contributed by atoms with E-state index in [0.29, 0.717) is 11.5 Å². The molecule has 3 heteroatoms. The molecule has 0 fully saturated rings. The minimum absolute atomic E-state index is 0.249. The summed E-state index contributed by atoms with van der Waals surface area (Å²) in [6.07, 6.45) is 0.744. The molecule has 0 aliphatic carbocycles. The summed E-state index contributed by atoms with van der Waals surface area (Å²) in [6, 6.07) is 0. The normalized spacial score (nSPS) is 22.8. The first kappa shape index (κ1) is 9.96. The number of carbonyl (C=O) groups excluding carboxylic acids is 1. The number of nitrogens with zero attached hydrogens (tertiary/aromatic N) is 1. The van der Waals surface area contributed by atoms with Crippen LogP contribution in [0.15, 0.2) is 16.3 Å². The average Bonchev–Trinajstić information content (AvgIpc) is 2.10. The molecule has 1 unspecified atom stereocenters. The van der Waals surface area contributed by atoms with E-state index in [1.807, 2.05) is 13.8 Å². The maximum Gasteiger partial charge on any atom is 0.335 e. The van der Waals surface area contributed by atoms with Crippen LogP contribution in [-0.2, 0) is 9.53 Å². The molecule has 1 aliphatic heterocycles. The summed E-state index contributed by atoms with van der Waals surface area (Å²) in [5.41, 5.74) is 2.59. The number of carbonyl (C=O) groups is 1. The minimum Gasteiger partial charge on any atom is -0.466 e. The third kappa shape index (κ3) is 1.97. The molecule has 0 radical (unpaired) electrons. The molecular weight excluding hydrogens is 166 g/mol. The molecule has 0 aromatic heterocycles. The van der Waals surface area contributed by atoms with Crippen LogP contribution in [0.4, 0.5) is 0 Å². The van der Waals surface area contributed by atoms with Gasteiger partial charge in [-0.2, -0.15) is 0 Å². The van der Waals surface area contributed by atoms with E-state index >= 15 is 0 Å². The summed E-state index contributed by atoms with van der Waals surface area (Å²) in [7, 11) is 1.40. The van der Waals surface area contributed by atoms with Crippen molar-refractivity contribution >= 4 is 11.7 Å². The molecule has 0 N–H and O–H groups in total. The third-order valence-electron chi connectivity index (χ3n) is 2.44. The average molecular weight is 181 g/mol. The van der Waals surface area contributed by atoms with Crippen molar-refractivity contribution in [1.82, 2.24) is 0 Å². The zero-order chi connectivity index (χ0) is 10.0. The van der Waals surface area contributed by atoms with Gasteiger partial charge in [-0.1, -0.05) is 6.92 Å². The second kappa shape index (κ2) is 3.73. The molecule has 0 aromatic carbocycles. The van der Waals surface area contributed by atoms with Gasteiger partial charge >= 0.3 is 5.97 Å². The summed E-state index contributed by atoms with van der Waals surface area (Å²) >= 11 is 0. The van der Waals surface area contributed by atoms with Gasteiger partial charge in [0.05, 0.1) is 12.7 Å².